The molecule has 1 unspecified atom stereocenters. The summed E-state index contributed by atoms with van der Waals surface area (Å²) in [7, 11) is 0. The Balaban J connectivity index is 1.93. The highest BCUT2D eigenvalue weighted by Gasteiger charge is 2.17. The van der Waals surface area contributed by atoms with Gasteiger partial charge in [-0.2, -0.15) is 0 Å². The number of hydrogen-bond acceptors (Lipinski definition) is 5. The van der Waals surface area contributed by atoms with Gasteiger partial charge in [0.15, 0.2) is 5.69 Å². The van der Waals surface area contributed by atoms with Crippen LogP contribution >= 0.6 is 0 Å². The molecule has 0 fully saturated rings. The van der Waals surface area contributed by atoms with E-state index in [1.54, 1.807) is 12.4 Å². The molecule has 2 heterocycles. The average Bonchev–Trinajstić information content (AvgIpc) is 2.95. The zero-order valence-corrected chi connectivity index (χ0v) is 12.2. The van der Waals surface area contributed by atoms with Crippen molar-refractivity contribution < 1.29 is 9.21 Å². The third-order valence-corrected chi connectivity index (χ3v) is 2.97. The molecule has 112 valence electrons. The van der Waals surface area contributed by atoms with Crippen molar-refractivity contribution in [1.82, 2.24) is 15.3 Å². The van der Waals surface area contributed by atoms with Gasteiger partial charge in [-0.25, -0.2) is 4.98 Å². The number of nitrogens with zero attached hydrogens (tertiary/aromatic N) is 2. The average molecular weight is 288 g/mol. The molecule has 6 nitrogen and oxygen atoms in total. The first kappa shape index (κ1) is 15.2. The highest BCUT2D eigenvalue weighted by molar-refractivity contribution is 5.91. The predicted molar refractivity (Wildman–Crippen MR) is 78.3 cm³/mol. The minimum atomic E-state index is -0.287. The largest absolute Gasteiger partial charge is 0.446 e. The van der Waals surface area contributed by atoms with Gasteiger partial charge in [0.1, 0.15) is 6.26 Å². The summed E-state index contributed by atoms with van der Waals surface area (Å²) in [5, 5.41) is 2.77. The molecule has 0 aliphatic rings. The van der Waals surface area contributed by atoms with Crippen molar-refractivity contribution in [2.24, 2.45) is 11.7 Å². The Kier molecular flexibility index (Phi) is 5.05. The monoisotopic (exact) mass is 288 g/mol. The maximum Gasteiger partial charge on any atom is 0.273 e. The molecule has 1 amide bonds. The standard InChI is InChI=1S/C15H20N4O2/c1-10(2)6-12(16)15-19-13(9-21-15)14(20)18-8-11-4-3-5-17-7-11/h3-5,7,9-10,12H,6,8,16H2,1-2H3,(H,18,20). The Hall–Kier alpha value is -2.21. The van der Waals surface area contributed by atoms with Crippen LogP contribution in [0.25, 0.3) is 0 Å². The van der Waals surface area contributed by atoms with Gasteiger partial charge in [-0.15, -0.1) is 0 Å². The molecule has 0 spiro atoms. The van der Waals surface area contributed by atoms with Crippen LogP contribution in [0.5, 0.6) is 0 Å². The molecule has 0 radical (unpaired) electrons. The van der Waals surface area contributed by atoms with Gasteiger partial charge >= 0.3 is 0 Å². The van der Waals surface area contributed by atoms with E-state index in [1.165, 1.54) is 6.26 Å². The van der Waals surface area contributed by atoms with E-state index in [4.69, 9.17) is 10.2 Å². The van der Waals surface area contributed by atoms with Crippen LogP contribution in [-0.4, -0.2) is 15.9 Å². The number of rotatable bonds is 6. The highest BCUT2D eigenvalue weighted by atomic mass is 16.3. The Labute approximate surface area is 123 Å². The van der Waals surface area contributed by atoms with Gasteiger partial charge < -0.3 is 15.5 Å². The molecule has 2 aromatic rings. The van der Waals surface area contributed by atoms with Gasteiger partial charge in [-0.05, 0) is 24.0 Å². The van der Waals surface area contributed by atoms with Crippen LogP contribution in [-0.2, 0) is 6.54 Å². The minimum absolute atomic E-state index is 0.244. The fraction of sp³-hybridized carbons (Fsp3) is 0.400. The number of aromatic nitrogens is 2. The van der Waals surface area contributed by atoms with E-state index in [-0.39, 0.29) is 17.6 Å². The second-order valence-electron chi connectivity index (χ2n) is 5.35. The SMILES string of the molecule is CC(C)CC(N)c1nc(C(=O)NCc2cccnc2)co1. The van der Waals surface area contributed by atoms with Gasteiger partial charge in [-0.3, -0.25) is 9.78 Å². The molecular formula is C15H20N4O2. The highest BCUT2D eigenvalue weighted by Crippen LogP contribution is 2.18. The Morgan fingerprint density at radius 3 is 2.95 bits per heavy atom. The Morgan fingerprint density at radius 1 is 1.48 bits per heavy atom. The van der Waals surface area contributed by atoms with Crippen LogP contribution in [0.4, 0.5) is 0 Å². The van der Waals surface area contributed by atoms with Gasteiger partial charge in [0, 0.05) is 18.9 Å². The third-order valence-electron chi connectivity index (χ3n) is 2.97. The van der Waals surface area contributed by atoms with Crippen LogP contribution in [0.2, 0.25) is 0 Å². The van der Waals surface area contributed by atoms with Crippen LogP contribution < -0.4 is 11.1 Å². The molecule has 6 heteroatoms. The molecule has 0 aromatic carbocycles. The van der Waals surface area contributed by atoms with Crippen molar-refractivity contribution in [3.05, 3.63) is 47.9 Å². The van der Waals surface area contributed by atoms with E-state index < -0.39 is 0 Å². The van der Waals surface area contributed by atoms with Crippen molar-refractivity contribution in [2.75, 3.05) is 0 Å². The summed E-state index contributed by atoms with van der Waals surface area (Å²) >= 11 is 0. The molecule has 21 heavy (non-hydrogen) atoms. The Bertz CT molecular complexity index is 580. The van der Waals surface area contributed by atoms with Crippen molar-refractivity contribution in [3.63, 3.8) is 0 Å². The fourth-order valence-electron chi connectivity index (χ4n) is 1.95. The lowest BCUT2D eigenvalue weighted by atomic mass is 10.0. The zero-order valence-electron chi connectivity index (χ0n) is 12.2. The zero-order chi connectivity index (χ0) is 15.2. The Morgan fingerprint density at radius 2 is 2.29 bits per heavy atom. The summed E-state index contributed by atoms with van der Waals surface area (Å²) in [5.41, 5.74) is 7.14. The van der Waals surface area contributed by atoms with Gasteiger partial charge in [0.25, 0.3) is 5.91 Å². The molecule has 2 rings (SSSR count). The summed E-state index contributed by atoms with van der Waals surface area (Å²) in [5.74, 6) is 0.551. The maximum absolute atomic E-state index is 12.0. The molecule has 3 N–H and O–H groups in total. The summed E-state index contributed by atoms with van der Waals surface area (Å²) in [4.78, 5) is 20.1. The number of amides is 1. The lowest BCUT2D eigenvalue weighted by Gasteiger charge is -2.09. The topological polar surface area (TPSA) is 94.0 Å². The number of nitrogens with one attached hydrogen (secondary N) is 1. The van der Waals surface area contributed by atoms with Gasteiger partial charge in [0.05, 0.1) is 6.04 Å². The summed E-state index contributed by atoms with van der Waals surface area (Å²) < 4.78 is 5.29. The van der Waals surface area contributed by atoms with E-state index in [9.17, 15) is 4.79 Å². The maximum atomic E-state index is 12.0. The molecular weight excluding hydrogens is 268 g/mol. The van der Waals surface area contributed by atoms with Crippen molar-refractivity contribution in [1.29, 1.82) is 0 Å². The van der Waals surface area contributed by atoms with E-state index in [0.29, 0.717) is 18.4 Å². The number of nitrogens with two attached hydrogens (primary N) is 1. The summed E-state index contributed by atoms with van der Waals surface area (Å²) in [6.07, 6.45) is 5.49. The normalized spacial score (nSPS) is 12.4. The predicted octanol–water partition coefficient (Wildman–Crippen LogP) is 2.05. The number of hydrogen-bond donors (Lipinski definition) is 2. The number of oxazole rings is 1. The number of carbonyl (C=O) groups excluding carboxylic acids is 1. The van der Waals surface area contributed by atoms with Crippen LogP contribution in [0.1, 0.15) is 48.3 Å². The van der Waals surface area contributed by atoms with E-state index in [0.717, 1.165) is 12.0 Å². The third kappa shape index (κ3) is 4.39. The van der Waals surface area contributed by atoms with Gasteiger partial charge in [-0.1, -0.05) is 19.9 Å². The first-order valence-corrected chi connectivity index (χ1v) is 6.94. The van der Waals surface area contributed by atoms with Crippen molar-refractivity contribution in [3.8, 4) is 0 Å². The fourth-order valence-corrected chi connectivity index (χ4v) is 1.95. The molecule has 0 saturated carbocycles. The lowest BCUT2D eigenvalue weighted by molar-refractivity contribution is 0.0946. The summed E-state index contributed by atoms with van der Waals surface area (Å²) in [6, 6.07) is 3.42. The second kappa shape index (κ2) is 6.99. The molecule has 0 aliphatic heterocycles. The van der Waals surface area contributed by atoms with E-state index in [2.05, 4.69) is 29.1 Å². The second-order valence-corrected chi connectivity index (χ2v) is 5.35. The van der Waals surface area contributed by atoms with Crippen LogP contribution in [0, 0.1) is 5.92 Å². The van der Waals surface area contributed by atoms with Crippen molar-refractivity contribution in [2.45, 2.75) is 32.9 Å². The van der Waals surface area contributed by atoms with Crippen LogP contribution in [0.3, 0.4) is 0 Å². The van der Waals surface area contributed by atoms with E-state index in [1.807, 2.05) is 12.1 Å². The molecule has 2 aromatic heterocycles. The number of pyridine rings is 1. The number of carbonyl (C=O) groups is 1. The quantitative estimate of drug-likeness (QED) is 0.848. The molecule has 1 atom stereocenters. The van der Waals surface area contributed by atoms with Crippen molar-refractivity contribution >= 4 is 5.91 Å². The van der Waals surface area contributed by atoms with E-state index >= 15 is 0 Å². The molecule has 0 bridgehead atoms. The smallest absolute Gasteiger partial charge is 0.273 e. The van der Waals surface area contributed by atoms with Crippen LogP contribution in [0.15, 0.2) is 35.2 Å². The molecule has 0 aliphatic carbocycles. The summed E-state index contributed by atoms with van der Waals surface area (Å²) in [6.45, 7) is 4.54. The van der Waals surface area contributed by atoms with Gasteiger partial charge in [0.2, 0.25) is 5.89 Å². The lowest BCUT2D eigenvalue weighted by Crippen LogP contribution is -2.23. The minimum Gasteiger partial charge on any atom is -0.446 e. The first-order valence-electron chi connectivity index (χ1n) is 6.94. The first-order chi connectivity index (χ1) is 10.1. The molecule has 0 saturated heterocycles.